The predicted octanol–water partition coefficient (Wildman–Crippen LogP) is 6.86. The van der Waals surface area contributed by atoms with E-state index in [4.69, 9.17) is 14.2 Å². The molecule has 2 bridgehead atoms. The monoisotopic (exact) mass is 504 g/mol. The Morgan fingerprint density at radius 3 is 1.49 bits per heavy atom. The van der Waals surface area contributed by atoms with Crippen LogP contribution in [0.4, 0.5) is 0 Å². The number of hydrogen-bond donors (Lipinski definition) is 0. The van der Waals surface area contributed by atoms with Crippen molar-refractivity contribution in [3.8, 4) is 0 Å². The Hall–Kier alpha value is -2.66. The highest BCUT2D eigenvalue weighted by atomic mass is 16.6. The molecule has 3 fully saturated rings. The number of carbonyl (C=O) groups is 2. The minimum absolute atomic E-state index is 0.111. The maximum atomic E-state index is 13.4. The van der Waals surface area contributed by atoms with Gasteiger partial charge in [0.15, 0.2) is 0 Å². The molecule has 0 radical (unpaired) electrons. The summed E-state index contributed by atoms with van der Waals surface area (Å²) in [4.78, 5) is 26.8. The second kappa shape index (κ2) is 11.8. The lowest BCUT2D eigenvalue weighted by Crippen LogP contribution is -2.58. The first kappa shape index (κ1) is 26.0. The van der Waals surface area contributed by atoms with Gasteiger partial charge in [-0.3, -0.25) is 0 Å². The summed E-state index contributed by atoms with van der Waals surface area (Å²) in [6.45, 7) is 4.39. The van der Waals surface area contributed by atoms with Gasteiger partial charge in [0.05, 0.1) is 23.3 Å². The molecule has 2 saturated heterocycles. The number of carbonyl (C=O) groups excluding carboxylic acids is 2. The van der Waals surface area contributed by atoms with Crippen molar-refractivity contribution in [1.29, 1.82) is 0 Å². The van der Waals surface area contributed by atoms with E-state index in [1.807, 2.05) is 36.4 Å². The molecule has 5 nitrogen and oxygen atoms in total. The molecular weight excluding hydrogens is 464 g/mol. The van der Waals surface area contributed by atoms with Gasteiger partial charge in [-0.15, -0.1) is 0 Å². The lowest BCUT2D eigenvalue weighted by molar-refractivity contribution is -0.141. The minimum Gasteiger partial charge on any atom is -0.455 e. The van der Waals surface area contributed by atoms with Gasteiger partial charge in [-0.1, -0.05) is 75.9 Å². The Morgan fingerprint density at radius 2 is 1.11 bits per heavy atom. The number of hydrogen-bond acceptors (Lipinski definition) is 5. The van der Waals surface area contributed by atoms with Gasteiger partial charge in [0.25, 0.3) is 0 Å². The van der Waals surface area contributed by atoms with Crippen molar-refractivity contribution in [1.82, 2.24) is 0 Å². The molecule has 198 valence electrons. The van der Waals surface area contributed by atoms with Gasteiger partial charge >= 0.3 is 11.9 Å². The molecule has 5 heteroatoms. The zero-order valence-electron chi connectivity index (χ0n) is 22.1. The number of rotatable bonds is 10. The van der Waals surface area contributed by atoms with Gasteiger partial charge in [-0.2, -0.15) is 0 Å². The van der Waals surface area contributed by atoms with Gasteiger partial charge in [0.2, 0.25) is 0 Å². The van der Waals surface area contributed by atoms with Crippen molar-refractivity contribution in [2.45, 2.75) is 89.6 Å². The van der Waals surface area contributed by atoms with Crippen LogP contribution in [0.2, 0.25) is 0 Å². The maximum Gasteiger partial charge on any atom is 0.338 e. The predicted molar refractivity (Wildman–Crippen MR) is 142 cm³/mol. The summed E-state index contributed by atoms with van der Waals surface area (Å²) in [5.41, 5.74) is 1.06. The quantitative estimate of drug-likeness (QED) is 0.331. The first-order chi connectivity index (χ1) is 18.1. The van der Waals surface area contributed by atoms with Crippen LogP contribution in [-0.4, -0.2) is 36.4 Å². The number of unbranched alkanes of at least 4 members (excludes halogenated alkanes) is 2. The van der Waals surface area contributed by atoms with E-state index in [1.165, 1.54) is 0 Å². The average Bonchev–Trinajstić information content (AvgIpc) is 3.56. The van der Waals surface area contributed by atoms with Gasteiger partial charge < -0.3 is 14.2 Å². The van der Waals surface area contributed by atoms with Gasteiger partial charge in [0.1, 0.15) is 12.2 Å². The molecular formula is C32H40O5. The van der Waals surface area contributed by atoms with Crippen molar-refractivity contribution in [3.05, 3.63) is 71.8 Å². The molecule has 1 aliphatic carbocycles. The highest BCUT2D eigenvalue weighted by Crippen LogP contribution is 2.58. The summed E-state index contributed by atoms with van der Waals surface area (Å²) in [7, 11) is 0. The van der Waals surface area contributed by atoms with Crippen LogP contribution in [0, 0.1) is 23.7 Å². The smallest absolute Gasteiger partial charge is 0.338 e. The van der Waals surface area contributed by atoms with Crippen LogP contribution >= 0.6 is 0 Å². The largest absolute Gasteiger partial charge is 0.455 e. The first-order valence-corrected chi connectivity index (χ1v) is 14.3. The molecule has 2 aromatic carbocycles. The Morgan fingerprint density at radius 1 is 0.703 bits per heavy atom. The second-order valence-corrected chi connectivity index (χ2v) is 11.0. The van der Waals surface area contributed by atoms with Crippen LogP contribution in [0.25, 0.3) is 0 Å². The van der Waals surface area contributed by atoms with E-state index in [1.54, 1.807) is 24.3 Å². The third-order valence-corrected chi connectivity index (χ3v) is 8.83. The van der Waals surface area contributed by atoms with Crippen LogP contribution in [0.1, 0.15) is 85.9 Å². The lowest BCUT2D eigenvalue weighted by atomic mass is 9.57. The maximum absolute atomic E-state index is 13.4. The summed E-state index contributed by atoms with van der Waals surface area (Å²) in [6.07, 6.45) is 7.70. The van der Waals surface area contributed by atoms with Crippen molar-refractivity contribution < 1.29 is 23.8 Å². The molecule has 0 N–H and O–H groups in total. The molecule has 0 spiro atoms. The number of ether oxygens (including phenoxy) is 3. The van der Waals surface area contributed by atoms with Gasteiger partial charge in [0, 0.05) is 11.8 Å². The molecule has 2 aliphatic heterocycles. The van der Waals surface area contributed by atoms with Gasteiger partial charge in [-0.05, 0) is 61.8 Å². The third-order valence-electron chi connectivity index (χ3n) is 8.83. The highest BCUT2D eigenvalue weighted by Gasteiger charge is 2.63. The highest BCUT2D eigenvalue weighted by molar-refractivity contribution is 5.90. The molecule has 2 aromatic rings. The lowest BCUT2D eigenvalue weighted by Gasteiger charge is -2.51. The fourth-order valence-electron chi connectivity index (χ4n) is 7.23. The van der Waals surface area contributed by atoms with Gasteiger partial charge in [-0.25, -0.2) is 9.59 Å². The summed E-state index contributed by atoms with van der Waals surface area (Å²) in [5, 5.41) is 0. The summed E-state index contributed by atoms with van der Waals surface area (Å²) in [5.74, 6) is 0.216. The Bertz CT molecular complexity index is 954. The molecule has 2 heterocycles. The molecule has 8 atom stereocenters. The van der Waals surface area contributed by atoms with Crippen LogP contribution < -0.4 is 0 Å². The topological polar surface area (TPSA) is 61.8 Å². The van der Waals surface area contributed by atoms with Crippen LogP contribution in [0.5, 0.6) is 0 Å². The van der Waals surface area contributed by atoms with E-state index in [0.29, 0.717) is 23.0 Å². The zero-order valence-corrected chi connectivity index (χ0v) is 22.1. The summed E-state index contributed by atoms with van der Waals surface area (Å²) < 4.78 is 19.3. The molecule has 37 heavy (non-hydrogen) atoms. The molecule has 8 unspecified atom stereocenters. The van der Waals surface area contributed by atoms with E-state index >= 15 is 0 Å². The molecule has 3 aliphatic rings. The van der Waals surface area contributed by atoms with Crippen molar-refractivity contribution >= 4 is 11.9 Å². The fraction of sp³-hybridized carbons (Fsp3) is 0.562. The Labute approximate surface area is 220 Å². The number of benzene rings is 2. The Kier molecular flexibility index (Phi) is 8.29. The summed E-state index contributed by atoms with van der Waals surface area (Å²) in [6, 6.07) is 18.3. The molecule has 0 aromatic heterocycles. The van der Waals surface area contributed by atoms with Crippen LogP contribution in [-0.2, 0) is 14.2 Å². The summed E-state index contributed by atoms with van der Waals surface area (Å²) >= 11 is 0. The SMILES string of the molecule is CCCCC1C(OC(=O)c2ccccc2)C(OC(=O)c2ccccc2)C(CCCC)C2C3CCC(O3)C12. The molecule has 1 saturated carbocycles. The van der Waals surface area contributed by atoms with E-state index < -0.39 is 12.2 Å². The van der Waals surface area contributed by atoms with Crippen LogP contribution in [0.3, 0.4) is 0 Å². The molecule has 5 rings (SSSR count). The van der Waals surface area contributed by atoms with E-state index in [-0.39, 0.29) is 36.0 Å². The van der Waals surface area contributed by atoms with Crippen molar-refractivity contribution in [2.75, 3.05) is 0 Å². The first-order valence-electron chi connectivity index (χ1n) is 14.3. The van der Waals surface area contributed by atoms with E-state index in [2.05, 4.69) is 13.8 Å². The van der Waals surface area contributed by atoms with Crippen molar-refractivity contribution in [3.63, 3.8) is 0 Å². The molecule has 0 amide bonds. The third kappa shape index (κ3) is 5.34. The second-order valence-electron chi connectivity index (χ2n) is 11.0. The zero-order chi connectivity index (χ0) is 25.8. The fourth-order valence-corrected chi connectivity index (χ4v) is 7.23. The number of fused-ring (bicyclic) bond motifs is 5. The number of esters is 2. The Balaban J connectivity index is 1.53. The average molecular weight is 505 g/mol. The standard InChI is InChI=1S/C32H40O5/c1-3-5-17-23-27-25-19-20-26(35-25)28(27)24(18-6-4-2)30(37-32(34)22-15-11-8-12-16-22)29(23)36-31(33)21-13-9-7-10-14-21/h7-16,23-30H,3-6,17-20H2,1-2H3. The van der Waals surface area contributed by atoms with E-state index in [0.717, 1.165) is 51.4 Å². The van der Waals surface area contributed by atoms with Crippen LogP contribution in [0.15, 0.2) is 60.7 Å². The normalized spacial score (nSPS) is 32.1. The minimum atomic E-state index is -0.488. The van der Waals surface area contributed by atoms with Crippen molar-refractivity contribution in [2.24, 2.45) is 23.7 Å². The van der Waals surface area contributed by atoms with E-state index in [9.17, 15) is 9.59 Å².